The molecule has 1 amide bonds. The average molecular weight is 379 g/mol. The van der Waals surface area contributed by atoms with E-state index in [1.807, 2.05) is 12.1 Å². The number of halogens is 2. The molecule has 0 aliphatic heterocycles. The molecule has 0 fully saturated rings. The molecule has 0 atom stereocenters. The van der Waals surface area contributed by atoms with E-state index in [1.54, 1.807) is 0 Å². The molecule has 0 radical (unpaired) electrons. The highest BCUT2D eigenvalue weighted by molar-refractivity contribution is 8.00. The molecule has 0 heterocycles. The van der Waals surface area contributed by atoms with E-state index in [-0.39, 0.29) is 16.6 Å². The fraction of sp³-hybridized carbons (Fsp3) is 0.350. The van der Waals surface area contributed by atoms with E-state index in [2.05, 4.69) is 31.3 Å². The Morgan fingerprint density at radius 3 is 2.35 bits per heavy atom. The molecule has 3 nitrogen and oxygen atoms in total. The molecule has 0 saturated heterocycles. The molecule has 2 aromatic carbocycles. The summed E-state index contributed by atoms with van der Waals surface area (Å²) in [5.74, 6) is -1.20. The van der Waals surface area contributed by atoms with Crippen LogP contribution >= 0.6 is 11.8 Å². The summed E-state index contributed by atoms with van der Waals surface area (Å²) in [6.45, 7) is 7.96. The molecule has 140 valence electrons. The van der Waals surface area contributed by atoms with Gasteiger partial charge in [0.05, 0.1) is 18.8 Å². The Labute approximate surface area is 157 Å². The minimum Gasteiger partial charge on any atom is -0.351 e. The van der Waals surface area contributed by atoms with Crippen molar-refractivity contribution >= 4 is 17.7 Å². The van der Waals surface area contributed by atoms with E-state index < -0.39 is 11.6 Å². The fourth-order valence-electron chi connectivity index (χ4n) is 2.55. The summed E-state index contributed by atoms with van der Waals surface area (Å²) in [7, 11) is 0. The van der Waals surface area contributed by atoms with Crippen LogP contribution in [0.4, 0.5) is 8.78 Å². The van der Waals surface area contributed by atoms with Crippen molar-refractivity contribution in [2.45, 2.75) is 31.8 Å². The van der Waals surface area contributed by atoms with Gasteiger partial charge in [0.15, 0.2) is 0 Å². The van der Waals surface area contributed by atoms with Crippen LogP contribution in [0.1, 0.15) is 25.0 Å². The Balaban J connectivity index is 1.79. The van der Waals surface area contributed by atoms with E-state index in [9.17, 15) is 13.6 Å². The van der Waals surface area contributed by atoms with E-state index in [0.717, 1.165) is 55.2 Å². The van der Waals surface area contributed by atoms with Crippen LogP contribution in [0.2, 0.25) is 0 Å². The first-order chi connectivity index (χ1) is 12.5. The average Bonchev–Trinajstić information content (AvgIpc) is 2.66. The Bertz CT molecular complexity index is 718. The summed E-state index contributed by atoms with van der Waals surface area (Å²) < 4.78 is 26.6. The molecular formula is C20H25F2N2OS+. The number of hydrogen-bond acceptors (Lipinski definition) is 2. The van der Waals surface area contributed by atoms with Gasteiger partial charge in [0.2, 0.25) is 5.91 Å². The van der Waals surface area contributed by atoms with Crippen molar-refractivity contribution in [3.63, 3.8) is 0 Å². The molecule has 0 aromatic heterocycles. The van der Waals surface area contributed by atoms with Gasteiger partial charge >= 0.3 is 0 Å². The lowest BCUT2D eigenvalue weighted by molar-refractivity contribution is -0.910. The van der Waals surface area contributed by atoms with Gasteiger partial charge in [-0.2, -0.15) is 0 Å². The third-order valence-electron chi connectivity index (χ3n) is 4.22. The van der Waals surface area contributed by atoms with Crippen molar-refractivity contribution in [1.82, 2.24) is 5.32 Å². The Morgan fingerprint density at radius 1 is 1.04 bits per heavy atom. The van der Waals surface area contributed by atoms with Crippen LogP contribution in [-0.4, -0.2) is 24.7 Å². The highest BCUT2D eigenvalue weighted by Crippen LogP contribution is 2.22. The van der Waals surface area contributed by atoms with E-state index in [4.69, 9.17) is 0 Å². The second kappa shape index (κ2) is 10.3. The minimum absolute atomic E-state index is 0.0454. The molecule has 2 aromatic rings. The molecule has 0 unspecified atom stereocenters. The molecule has 0 bridgehead atoms. The topological polar surface area (TPSA) is 33.5 Å². The molecule has 6 heteroatoms. The second-order valence-electron chi connectivity index (χ2n) is 6.09. The molecule has 0 aliphatic rings. The van der Waals surface area contributed by atoms with Gasteiger partial charge in [0.25, 0.3) is 0 Å². The van der Waals surface area contributed by atoms with Gasteiger partial charge < -0.3 is 10.2 Å². The van der Waals surface area contributed by atoms with Crippen molar-refractivity contribution < 1.29 is 18.5 Å². The van der Waals surface area contributed by atoms with Crippen LogP contribution in [0.3, 0.4) is 0 Å². The maximum atomic E-state index is 13.5. The summed E-state index contributed by atoms with van der Waals surface area (Å²) in [4.78, 5) is 13.6. The lowest BCUT2D eigenvalue weighted by Gasteiger charge is -2.15. The predicted molar refractivity (Wildman–Crippen MR) is 101 cm³/mol. The van der Waals surface area contributed by atoms with Crippen LogP contribution in [0, 0.1) is 11.6 Å². The Morgan fingerprint density at radius 2 is 1.69 bits per heavy atom. The Hall–Kier alpha value is -1.92. The predicted octanol–water partition coefficient (Wildman–Crippen LogP) is 2.80. The van der Waals surface area contributed by atoms with Crippen molar-refractivity contribution in [1.29, 1.82) is 0 Å². The van der Waals surface area contributed by atoms with Crippen molar-refractivity contribution in [3.05, 3.63) is 65.2 Å². The van der Waals surface area contributed by atoms with Crippen LogP contribution < -0.4 is 10.2 Å². The van der Waals surface area contributed by atoms with Crippen molar-refractivity contribution in [2.24, 2.45) is 0 Å². The summed E-state index contributed by atoms with van der Waals surface area (Å²) in [6, 6.07) is 11.4. The zero-order chi connectivity index (χ0) is 18.9. The number of carbonyl (C=O) groups is 1. The van der Waals surface area contributed by atoms with Crippen LogP contribution in [0.15, 0.2) is 47.4 Å². The molecular weight excluding hydrogens is 354 g/mol. The molecule has 0 spiro atoms. The normalized spacial score (nSPS) is 11.0. The molecule has 26 heavy (non-hydrogen) atoms. The van der Waals surface area contributed by atoms with Gasteiger partial charge in [-0.15, -0.1) is 11.8 Å². The summed E-state index contributed by atoms with van der Waals surface area (Å²) in [5.41, 5.74) is 2.29. The van der Waals surface area contributed by atoms with Gasteiger partial charge in [-0.3, -0.25) is 4.79 Å². The highest BCUT2D eigenvalue weighted by atomic mass is 32.2. The lowest BCUT2D eigenvalue weighted by Crippen LogP contribution is -3.10. The summed E-state index contributed by atoms with van der Waals surface area (Å²) in [6.07, 6.45) is 0. The third kappa shape index (κ3) is 6.42. The van der Waals surface area contributed by atoms with Crippen LogP contribution in [0.25, 0.3) is 0 Å². The Kier molecular flexibility index (Phi) is 8.06. The smallest absolute Gasteiger partial charge is 0.230 e. The third-order valence-corrected chi connectivity index (χ3v) is 5.25. The minimum atomic E-state index is -0.518. The highest BCUT2D eigenvalue weighted by Gasteiger charge is 2.09. The van der Waals surface area contributed by atoms with E-state index >= 15 is 0 Å². The number of rotatable bonds is 9. The van der Waals surface area contributed by atoms with Crippen LogP contribution in [0.5, 0.6) is 0 Å². The zero-order valence-corrected chi connectivity index (χ0v) is 16.0. The number of benzene rings is 2. The number of nitrogens with one attached hydrogen (secondary N) is 2. The number of thioether (sulfide) groups is 1. The number of amides is 1. The maximum Gasteiger partial charge on any atom is 0.230 e. The van der Waals surface area contributed by atoms with Crippen molar-refractivity contribution in [2.75, 3.05) is 18.8 Å². The quantitative estimate of drug-likeness (QED) is 0.657. The monoisotopic (exact) mass is 379 g/mol. The van der Waals surface area contributed by atoms with Gasteiger partial charge in [-0.25, -0.2) is 8.78 Å². The largest absolute Gasteiger partial charge is 0.351 e. The lowest BCUT2D eigenvalue weighted by atomic mass is 10.1. The zero-order valence-electron chi connectivity index (χ0n) is 15.1. The first kappa shape index (κ1) is 20.4. The molecule has 0 saturated carbocycles. The standard InChI is InChI=1S/C20H24F2N2OS/c1-3-24(4-2)13-16-7-5-15(6-8-16)12-23-20(25)14-26-19-11-17(21)9-10-18(19)22/h5-11H,3-4,12-14H2,1-2H3,(H,23,25)/p+1. The number of hydrogen-bond donors (Lipinski definition) is 2. The van der Waals surface area contributed by atoms with E-state index in [1.165, 1.54) is 10.5 Å². The molecule has 2 N–H and O–H groups in total. The fourth-order valence-corrected chi connectivity index (χ4v) is 3.34. The number of carbonyl (C=O) groups excluding carboxylic acids is 1. The molecule has 2 rings (SSSR count). The van der Waals surface area contributed by atoms with Crippen LogP contribution in [-0.2, 0) is 17.9 Å². The first-order valence-electron chi connectivity index (χ1n) is 8.77. The van der Waals surface area contributed by atoms with Gasteiger partial charge in [-0.05, 0) is 37.6 Å². The SMILES string of the molecule is CC[NH+](CC)Cc1ccc(CNC(=O)CSc2cc(F)ccc2F)cc1. The molecule has 0 aliphatic carbocycles. The van der Waals surface area contributed by atoms with Gasteiger partial charge in [0.1, 0.15) is 18.2 Å². The summed E-state index contributed by atoms with van der Waals surface area (Å²) in [5, 5.41) is 2.80. The number of quaternary nitrogens is 1. The maximum absolute atomic E-state index is 13.5. The van der Waals surface area contributed by atoms with Gasteiger partial charge in [-0.1, -0.05) is 24.3 Å². The van der Waals surface area contributed by atoms with E-state index in [0.29, 0.717) is 6.54 Å². The summed E-state index contributed by atoms with van der Waals surface area (Å²) >= 11 is 0.989. The van der Waals surface area contributed by atoms with Gasteiger partial charge in [0, 0.05) is 17.0 Å². The second-order valence-corrected chi connectivity index (χ2v) is 7.11. The van der Waals surface area contributed by atoms with Crippen molar-refractivity contribution in [3.8, 4) is 0 Å². The first-order valence-corrected chi connectivity index (χ1v) is 9.76.